The first kappa shape index (κ1) is 9.44. The Hall–Kier alpha value is -0.120. The maximum absolute atomic E-state index is 5.88. The number of nitrogens with two attached hydrogens (primary N) is 1. The van der Waals surface area contributed by atoms with Crippen molar-refractivity contribution >= 4 is 0 Å². The minimum atomic E-state index is -0.107. The van der Waals surface area contributed by atoms with Crippen LogP contribution in [0, 0.1) is 0 Å². The van der Waals surface area contributed by atoms with Crippen LogP contribution < -0.4 is 11.1 Å². The van der Waals surface area contributed by atoms with Gasteiger partial charge >= 0.3 is 0 Å². The van der Waals surface area contributed by atoms with Crippen LogP contribution in [0.3, 0.4) is 0 Å². The third kappa shape index (κ3) is 1.49. The molecule has 0 aromatic carbocycles. The minimum absolute atomic E-state index is 0.0220. The van der Waals surface area contributed by atoms with Crippen LogP contribution in [0.15, 0.2) is 0 Å². The van der Waals surface area contributed by atoms with Crippen LogP contribution in [-0.2, 0) is 4.74 Å². The summed E-state index contributed by atoms with van der Waals surface area (Å²) < 4.78 is 5.73. The van der Waals surface area contributed by atoms with Gasteiger partial charge in [0, 0.05) is 19.2 Å². The molecule has 0 bridgehead atoms. The second-order valence-corrected chi connectivity index (χ2v) is 4.81. The predicted molar refractivity (Wildman–Crippen MR) is 52.6 cm³/mol. The molecule has 76 valence electrons. The van der Waals surface area contributed by atoms with Gasteiger partial charge in [0.25, 0.3) is 0 Å². The summed E-state index contributed by atoms with van der Waals surface area (Å²) in [6, 6.07) is 0.699. The lowest BCUT2D eigenvalue weighted by Gasteiger charge is -2.40. The summed E-state index contributed by atoms with van der Waals surface area (Å²) >= 11 is 0. The highest BCUT2D eigenvalue weighted by molar-refractivity contribution is 5.09. The van der Waals surface area contributed by atoms with Crippen molar-refractivity contribution in [2.24, 2.45) is 5.73 Å². The van der Waals surface area contributed by atoms with E-state index in [-0.39, 0.29) is 11.1 Å². The molecule has 0 aromatic heterocycles. The van der Waals surface area contributed by atoms with Gasteiger partial charge in [0.05, 0.1) is 11.1 Å². The summed E-state index contributed by atoms with van der Waals surface area (Å²) in [5.74, 6) is 0. The summed E-state index contributed by atoms with van der Waals surface area (Å²) in [7, 11) is 0. The summed E-state index contributed by atoms with van der Waals surface area (Å²) in [6.45, 7) is 5.80. The van der Waals surface area contributed by atoms with Crippen LogP contribution in [0.25, 0.3) is 0 Å². The van der Waals surface area contributed by atoms with Gasteiger partial charge in [-0.3, -0.25) is 0 Å². The molecule has 1 saturated heterocycles. The summed E-state index contributed by atoms with van der Waals surface area (Å²) in [6.07, 6.45) is 3.66. The lowest BCUT2D eigenvalue weighted by molar-refractivity contribution is -0.00943. The van der Waals surface area contributed by atoms with Gasteiger partial charge in [-0.25, -0.2) is 0 Å². The first-order valence-corrected chi connectivity index (χ1v) is 5.21. The quantitative estimate of drug-likeness (QED) is 0.676. The van der Waals surface area contributed by atoms with Crippen molar-refractivity contribution in [2.75, 3.05) is 13.2 Å². The molecule has 3 N–H and O–H groups in total. The Balaban J connectivity index is 2.11. The van der Waals surface area contributed by atoms with Gasteiger partial charge < -0.3 is 15.8 Å². The smallest absolute Gasteiger partial charge is 0.0820 e. The van der Waals surface area contributed by atoms with Gasteiger partial charge in [-0.15, -0.1) is 0 Å². The average molecular weight is 184 g/mol. The van der Waals surface area contributed by atoms with E-state index in [1.54, 1.807) is 0 Å². The Kier molecular flexibility index (Phi) is 2.13. The molecule has 0 amide bonds. The summed E-state index contributed by atoms with van der Waals surface area (Å²) in [4.78, 5) is 0. The molecule has 13 heavy (non-hydrogen) atoms. The van der Waals surface area contributed by atoms with Crippen LogP contribution >= 0.6 is 0 Å². The molecule has 1 heterocycles. The summed E-state index contributed by atoms with van der Waals surface area (Å²) in [5, 5.41) is 3.66. The highest BCUT2D eigenvalue weighted by atomic mass is 16.5. The van der Waals surface area contributed by atoms with Gasteiger partial charge in [0.2, 0.25) is 0 Å². The molecule has 2 rings (SSSR count). The number of rotatable bonds is 3. The highest BCUT2D eigenvalue weighted by Crippen LogP contribution is 2.37. The molecule has 2 fully saturated rings. The third-order valence-electron chi connectivity index (χ3n) is 3.55. The largest absolute Gasteiger partial charge is 0.374 e. The lowest BCUT2D eigenvalue weighted by atomic mass is 9.81. The molecule has 1 aliphatic heterocycles. The topological polar surface area (TPSA) is 47.3 Å². The minimum Gasteiger partial charge on any atom is -0.374 e. The van der Waals surface area contributed by atoms with Crippen LogP contribution in [0.4, 0.5) is 0 Å². The fourth-order valence-corrected chi connectivity index (χ4v) is 2.19. The molecule has 3 nitrogen and oxygen atoms in total. The van der Waals surface area contributed by atoms with E-state index in [0.29, 0.717) is 12.6 Å². The standard InChI is InChI=1S/C10H20N2O/c1-9(2)10(7-11,5-6-13-9)12-8-3-4-8/h8,12H,3-7,11H2,1-2H3. The van der Waals surface area contributed by atoms with Crippen LogP contribution in [-0.4, -0.2) is 30.3 Å². The fourth-order valence-electron chi connectivity index (χ4n) is 2.19. The second-order valence-electron chi connectivity index (χ2n) is 4.81. The van der Waals surface area contributed by atoms with Crippen molar-refractivity contribution in [1.29, 1.82) is 0 Å². The monoisotopic (exact) mass is 184 g/mol. The number of hydrogen-bond acceptors (Lipinski definition) is 3. The molecule has 0 aromatic rings. The van der Waals surface area contributed by atoms with Crippen molar-refractivity contribution in [3.05, 3.63) is 0 Å². The van der Waals surface area contributed by atoms with Crippen molar-refractivity contribution in [3.8, 4) is 0 Å². The van der Waals surface area contributed by atoms with Gasteiger partial charge in [-0.1, -0.05) is 0 Å². The molecule has 2 aliphatic rings. The Labute approximate surface area is 80.0 Å². The Bertz CT molecular complexity index is 201. The first-order chi connectivity index (χ1) is 6.10. The predicted octanol–water partition coefficient (Wildman–Crippen LogP) is 0.635. The van der Waals surface area contributed by atoms with Crippen LogP contribution in [0.2, 0.25) is 0 Å². The molecule has 0 radical (unpaired) electrons. The molecule has 0 spiro atoms. The first-order valence-electron chi connectivity index (χ1n) is 5.21. The number of nitrogens with one attached hydrogen (secondary N) is 1. The molecule has 1 saturated carbocycles. The average Bonchev–Trinajstić information content (AvgIpc) is 2.80. The molecule has 3 heteroatoms. The molecule has 1 unspecified atom stereocenters. The maximum Gasteiger partial charge on any atom is 0.0820 e. The van der Waals surface area contributed by atoms with E-state index < -0.39 is 0 Å². The molecular formula is C10H20N2O. The van der Waals surface area contributed by atoms with Crippen molar-refractivity contribution < 1.29 is 4.74 Å². The fraction of sp³-hybridized carbons (Fsp3) is 1.00. The van der Waals surface area contributed by atoms with Gasteiger partial charge in [0.15, 0.2) is 0 Å². The van der Waals surface area contributed by atoms with Crippen LogP contribution in [0.1, 0.15) is 33.1 Å². The third-order valence-corrected chi connectivity index (χ3v) is 3.55. The van der Waals surface area contributed by atoms with Gasteiger partial charge in [0.1, 0.15) is 0 Å². The van der Waals surface area contributed by atoms with E-state index in [0.717, 1.165) is 13.0 Å². The van der Waals surface area contributed by atoms with E-state index in [9.17, 15) is 0 Å². The Morgan fingerprint density at radius 2 is 2.15 bits per heavy atom. The zero-order valence-electron chi connectivity index (χ0n) is 8.60. The second kappa shape index (κ2) is 2.94. The van der Waals surface area contributed by atoms with E-state index in [1.165, 1.54) is 12.8 Å². The normalized spacial score (nSPS) is 38.1. The SMILES string of the molecule is CC1(C)OCCC1(CN)NC1CC1. The maximum atomic E-state index is 5.88. The van der Waals surface area contributed by atoms with Gasteiger partial charge in [-0.2, -0.15) is 0 Å². The van der Waals surface area contributed by atoms with Crippen molar-refractivity contribution in [2.45, 2.75) is 50.3 Å². The van der Waals surface area contributed by atoms with Gasteiger partial charge in [-0.05, 0) is 33.1 Å². The molecular weight excluding hydrogens is 164 g/mol. The zero-order chi connectivity index (χ0) is 9.53. The van der Waals surface area contributed by atoms with Crippen LogP contribution in [0.5, 0.6) is 0 Å². The summed E-state index contributed by atoms with van der Waals surface area (Å²) in [5.41, 5.74) is 5.79. The van der Waals surface area contributed by atoms with Crippen molar-refractivity contribution in [1.82, 2.24) is 5.32 Å². The van der Waals surface area contributed by atoms with E-state index in [1.807, 2.05) is 0 Å². The Morgan fingerprint density at radius 3 is 2.54 bits per heavy atom. The molecule has 1 atom stereocenters. The van der Waals surface area contributed by atoms with E-state index in [4.69, 9.17) is 10.5 Å². The van der Waals surface area contributed by atoms with Crippen molar-refractivity contribution in [3.63, 3.8) is 0 Å². The Morgan fingerprint density at radius 1 is 1.46 bits per heavy atom. The highest BCUT2D eigenvalue weighted by Gasteiger charge is 2.51. The number of ether oxygens (including phenoxy) is 1. The molecule has 1 aliphatic carbocycles. The van der Waals surface area contributed by atoms with E-state index in [2.05, 4.69) is 19.2 Å². The van der Waals surface area contributed by atoms with E-state index >= 15 is 0 Å². The number of hydrogen-bond donors (Lipinski definition) is 2. The lowest BCUT2D eigenvalue weighted by Crippen LogP contribution is -2.62. The zero-order valence-corrected chi connectivity index (χ0v) is 8.60.